The largest absolute Gasteiger partial charge is 0.506 e. The van der Waals surface area contributed by atoms with E-state index in [2.05, 4.69) is 5.32 Å². The zero-order valence-electron chi connectivity index (χ0n) is 9.46. The van der Waals surface area contributed by atoms with Crippen molar-refractivity contribution in [2.75, 3.05) is 0 Å². The number of aromatic hydroxyl groups is 1. The predicted molar refractivity (Wildman–Crippen MR) is 64.3 cm³/mol. The van der Waals surface area contributed by atoms with Crippen LogP contribution in [0.25, 0.3) is 0 Å². The van der Waals surface area contributed by atoms with E-state index in [4.69, 9.17) is 21.8 Å². The maximum absolute atomic E-state index is 11.7. The van der Waals surface area contributed by atoms with Crippen molar-refractivity contribution in [1.82, 2.24) is 5.32 Å². The molecule has 1 aromatic carbocycles. The van der Waals surface area contributed by atoms with Gasteiger partial charge in [-0.2, -0.15) is 0 Å². The SMILES string of the molecule is O=C(O)C[C@H](NC(=O)c1ccc(O)c(Cl)c1)C(=O)O. The second-order valence-electron chi connectivity index (χ2n) is 3.63. The standard InChI is InChI=1S/C11H10ClNO6/c12-6-3-5(1-2-8(6)14)10(17)13-7(11(18)19)4-9(15)16/h1-3,7,14H,4H2,(H,13,17)(H,15,16)(H,18,19)/t7-/m0/s1. The molecule has 0 radical (unpaired) electrons. The van der Waals surface area contributed by atoms with Gasteiger partial charge >= 0.3 is 11.9 Å². The van der Waals surface area contributed by atoms with Gasteiger partial charge in [-0.25, -0.2) is 4.79 Å². The summed E-state index contributed by atoms with van der Waals surface area (Å²) in [6.45, 7) is 0. The van der Waals surface area contributed by atoms with Gasteiger partial charge in [0.25, 0.3) is 5.91 Å². The lowest BCUT2D eigenvalue weighted by Gasteiger charge is -2.12. The number of amides is 1. The molecule has 1 atom stereocenters. The number of phenols is 1. The zero-order chi connectivity index (χ0) is 14.6. The van der Waals surface area contributed by atoms with Crippen LogP contribution in [0.1, 0.15) is 16.8 Å². The van der Waals surface area contributed by atoms with Crippen LogP contribution in [0, 0.1) is 0 Å². The molecular weight excluding hydrogens is 278 g/mol. The van der Waals surface area contributed by atoms with Crippen LogP contribution < -0.4 is 5.32 Å². The number of aliphatic carboxylic acids is 2. The van der Waals surface area contributed by atoms with Gasteiger partial charge in [0.1, 0.15) is 11.8 Å². The number of benzene rings is 1. The number of carbonyl (C=O) groups excluding carboxylic acids is 1. The molecule has 0 aromatic heterocycles. The Morgan fingerprint density at radius 3 is 2.37 bits per heavy atom. The molecule has 0 aliphatic heterocycles. The predicted octanol–water partition coefficient (Wildman–Crippen LogP) is 0.703. The fraction of sp³-hybridized carbons (Fsp3) is 0.182. The molecule has 4 N–H and O–H groups in total. The first-order valence-corrected chi connectivity index (χ1v) is 5.43. The summed E-state index contributed by atoms with van der Waals surface area (Å²) in [5.41, 5.74) is 0.0134. The minimum atomic E-state index is -1.54. The molecule has 0 spiro atoms. The smallest absolute Gasteiger partial charge is 0.326 e. The molecule has 8 heteroatoms. The highest BCUT2D eigenvalue weighted by Gasteiger charge is 2.23. The van der Waals surface area contributed by atoms with Gasteiger partial charge < -0.3 is 20.6 Å². The molecule has 0 fully saturated rings. The number of rotatable bonds is 5. The van der Waals surface area contributed by atoms with Crippen LogP contribution in [0.3, 0.4) is 0 Å². The van der Waals surface area contributed by atoms with E-state index >= 15 is 0 Å². The van der Waals surface area contributed by atoms with Crippen molar-refractivity contribution >= 4 is 29.4 Å². The summed E-state index contributed by atoms with van der Waals surface area (Å²) in [4.78, 5) is 32.9. The number of hydrogen-bond donors (Lipinski definition) is 4. The van der Waals surface area contributed by atoms with Gasteiger partial charge in [-0.1, -0.05) is 11.6 Å². The van der Waals surface area contributed by atoms with E-state index in [0.29, 0.717) is 0 Å². The van der Waals surface area contributed by atoms with Gasteiger partial charge in [0.05, 0.1) is 11.4 Å². The summed E-state index contributed by atoms with van der Waals surface area (Å²) in [5, 5.41) is 28.5. The summed E-state index contributed by atoms with van der Waals surface area (Å²) < 4.78 is 0. The van der Waals surface area contributed by atoms with E-state index in [1.807, 2.05) is 0 Å². The van der Waals surface area contributed by atoms with Gasteiger partial charge in [-0.15, -0.1) is 0 Å². The first-order chi connectivity index (χ1) is 8.81. The first kappa shape index (κ1) is 14.8. The monoisotopic (exact) mass is 287 g/mol. The number of halogens is 1. The summed E-state index contributed by atoms with van der Waals surface area (Å²) >= 11 is 5.60. The van der Waals surface area contributed by atoms with Crippen molar-refractivity contribution in [2.24, 2.45) is 0 Å². The summed E-state index contributed by atoms with van der Waals surface area (Å²) in [6, 6.07) is 2.00. The Hall–Kier alpha value is -2.28. The van der Waals surface area contributed by atoms with Crippen molar-refractivity contribution in [3.8, 4) is 5.75 Å². The Morgan fingerprint density at radius 2 is 1.89 bits per heavy atom. The number of hydrogen-bond acceptors (Lipinski definition) is 4. The molecule has 1 amide bonds. The minimum absolute atomic E-state index is 0.0134. The quantitative estimate of drug-likeness (QED) is 0.632. The van der Waals surface area contributed by atoms with Crippen molar-refractivity contribution in [1.29, 1.82) is 0 Å². The molecule has 0 unspecified atom stereocenters. The van der Waals surface area contributed by atoms with Crippen LogP contribution in [0.2, 0.25) is 5.02 Å². The minimum Gasteiger partial charge on any atom is -0.506 e. The Labute approximate surface area is 112 Å². The molecule has 19 heavy (non-hydrogen) atoms. The highest BCUT2D eigenvalue weighted by Crippen LogP contribution is 2.23. The average molecular weight is 288 g/mol. The maximum atomic E-state index is 11.7. The number of carboxylic acid groups (broad SMARTS) is 2. The normalized spacial score (nSPS) is 11.6. The number of carbonyl (C=O) groups is 3. The molecule has 0 saturated carbocycles. The second-order valence-corrected chi connectivity index (χ2v) is 4.04. The third kappa shape index (κ3) is 4.14. The van der Waals surface area contributed by atoms with Gasteiger partial charge in [0.15, 0.2) is 0 Å². The fourth-order valence-corrected chi connectivity index (χ4v) is 1.44. The zero-order valence-corrected chi connectivity index (χ0v) is 10.2. The Morgan fingerprint density at radius 1 is 1.26 bits per heavy atom. The van der Waals surface area contributed by atoms with Crippen molar-refractivity contribution in [3.05, 3.63) is 28.8 Å². The molecule has 1 rings (SSSR count). The topological polar surface area (TPSA) is 124 Å². The van der Waals surface area contributed by atoms with Gasteiger partial charge in [0, 0.05) is 5.56 Å². The van der Waals surface area contributed by atoms with Crippen LogP contribution >= 0.6 is 11.6 Å². The molecule has 1 aromatic rings. The molecular formula is C11H10ClNO6. The lowest BCUT2D eigenvalue weighted by Crippen LogP contribution is -2.42. The molecule has 0 bridgehead atoms. The number of carboxylic acids is 2. The number of phenolic OH excluding ortho intramolecular Hbond substituents is 1. The van der Waals surface area contributed by atoms with E-state index in [-0.39, 0.29) is 16.3 Å². The van der Waals surface area contributed by atoms with Crippen molar-refractivity contribution in [2.45, 2.75) is 12.5 Å². The van der Waals surface area contributed by atoms with Crippen LogP contribution in [0.4, 0.5) is 0 Å². The van der Waals surface area contributed by atoms with E-state index < -0.39 is 30.3 Å². The molecule has 7 nitrogen and oxygen atoms in total. The van der Waals surface area contributed by atoms with Crippen LogP contribution in [0.15, 0.2) is 18.2 Å². The second kappa shape index (κ2) is 6.05. The Balaban J connectivity index is 2.84. The lowest BCUT2D eigenvalue weighted by molar-refractivity contribution is -0.145. The summed E-state index contributed by atoms with van der Waals surface area (Å²) in [6.07, 6.45) is -0.743. The van der Waals surface area contributed by atoms with Crippen LogP contribution in [-0.2, 0) is 9.59 Å². The van der Waals surface area contributed by atoms with Crippen molar-refractivity contribution < 1.29 is 29.7 Å². The average Bonchev–Trinajstić information content (AvgIpc) is 2.31. The van der Waals surface area contributed by atoms with Gasteiger partial charge in [-0.3, -0.25) is 9.59 Å². The van der Waals surface area contributed by atoms with E-state index in [0.717, 1.165) is 6.07 Å². The van der Waals surface area contributed by atoms with Gasteiger partial charge in [0.2, 0.25) is 0 Å². The summed E-state index contributed by atoms with van der Waals surface area (Å²) in [5.74, 6) is -3.83. The molecule has 102 valence electrons. The summed E-state index contributed by atoms with van der Waals surface area (Å²) in [7, 11) is 0. The van der Waals surface area contributed by atoms with Crippen molar-refractivity contribution in [3.63, 3.8) is 0 Å². The highest BCUT2D eigenvalue weighted by atomic mass is 35.5. The highest BCUT2D eigenvalue weighted by molar-refractivity contribution is 6.32. The number of nitrogens with one attached hydrogen (secondary N) is 1. The van der Waals surface area contributed by atoms with E-state index in [1.54, 1.807) is 0 Å². The third-order valence-corrected chi connectivity index (χ3v) is 2.49. The Kier molecular flexibility index (Phi) is 4.71. The van der Waals surface area contributed by atoms with Gasteiger partial charge in [-0.05, 0) is 18.2 Å². The van der Waals surface area contributed by atoms with E-state index in [1.165, 1.54) is 12.1 Å². The van der Waals surface area contributed by atoms with Crippen LogP contribution in [-0.4, -0.2) is 39.2 Å². The molecule has 0 aliphatic rings. The molecule has 0 saturated heterocycles. The maximum Gasteiger partial charge on any atom is 0.326 e. The lowest BCUT2D eigenvalue weighted by atomic mass is 10.1. The van der Waals surface area contributed by atoms with E-state index in [9.17, 15) is 19.5 Å². The van der Waals surface area contributed by atoms with Crippen LogP contribution in [0.5, 0.6) is 5.75 Å². The molecule has 0 aliphatic carbocycles. The molecule has 0 heterocycles. The Bertz CT molecular complexity index is 530. The fourth-order valence-electron chi connectivity index (χ4n) is 1.26. The first-order valence-electron chi connectivity index (χ1n) is 5.05. The third-order valence-electron chi connectivity index (χ3n) is 2.19.